The van der Waals surface area contributed by atoms with Crippen LogP contribution in [-0.2, 0) is 9.47 Å². The van der Waals surface area contributed by atoms with E-state index in [-0.39, 0.29) is 5.96 Å². The minimum atomic E-state index is -2.52. The van der Waals surface area contributed by atoms with E-state index in [1.807, 2.05) is 0 Å². The number of aliphatic hydroxyl groups is 6. The summed E-state index contributed by atoms with van der Waals surface area (Å²) in [6, 6.07) is 0. The molecule has 124 valence electrons. The molecule has 4 fully saturated rings. The van der Waals surface area contributed by atoms with Crippen molar-refractivity contribution in [2.75, 3.05) is 6.61 Å². The Hall–Kier alpha value is -1.05. The molecule has 0 radical (unpaired) electrons. The molecule has 0 aromatic heterocycles. The lowest BCUT2D eigenvalue weighted by molar-refractivity contribution is -0.548. The van der Waals surface area contributed by atoms with Crippen LogP contribution in [0, 0.1) is 5.92 Å². The number of aliphatic hydroxyl groups excluding tert-OH is 4. The Morgan fingerprint density at radius 3 is 2.45 bits per heavy atom. The van der Waals surface area contributed by atoms with Crippen molar-refractivity contribution >= 4 is 5.96 Å². The summed E-state index contributed by atoms with van der Waals surface area (Å²) in [4.78, 5) is 3.70. The van der Waals surface area contributed by atoms with Crippen molar-refractivity contribution in [2.45, 2.75) is 47.8 Å². The molecule has 5 rings (SSSR count). The zero-order valence-electron chi connectivity index (χ0n) is 11.2. The molecule has 22 heavy (non-hydrogen) atoms. The van der Waals surface area contributed by atoms with E-state index in [4.69, 9.17) is 15.2 Å². The summed E-state index contributed by atoms with van der Waals surface area (Å²) in [5.74, 6) is -3.95. The number of nitrogens with zero attached hydrogens (tertiary/aromatic N) is 1. The minimum absolute atomic E-state index is 0.250. The predicted molar refractivity (Wildman–Crippen MR) is 65.7 cm³/mol. The second kappa shape index (κ2) is 3.88. The number of ether oxygens (including phenoxy) is 2. The molecule has 3 saturated heterocycles. The number of hydrogen-bond acceptors (Lipinski definition) is 11. The smallest absolute Gasteiger partial charge is 0.311 e. The van der Waals surface area contributed by atoms with Crippen LogP contribution in [0.1, 0.15) is 0 Å². The van der Waals surface area contributed by atoms with E-state index in [0.717, 1.165) is 0 Å². The number of guanidine groups is 1. The topological polar surface area (TPSA) is 190 Å². The Labute approximate surface area is 123 Å². The zero-order valence-corrected chi connectivity index (χ0v) is 11.2. The molecule has 1 saturated carbocycles. The third-order valence-electron chi connectivity index (χ3n) is 5.22. The first-order valence-corrected chi connectivity index (χ1v) is 6.77. The van der Waals surface area contributed by atoms with Gasteiger partial charge >= 0.3 is 5.97 Å². The van der Waals surface area contributed by atoms with Crippen molar-refractivity contribution in [3.63, 3.8) is 0 Å². The lowest BCUT2D eigenvalue weighted by Crippen LogP contribution is -2.95. The van der Waals surface area contributed by atoms with Gasteiger partial charge in [-0.05, 0) is 0 Å². The summed E-state index contributed by atoms with van der Waals surface area (Å²) < 4.78 is 10.3. The normalized spacial score (nSPS) is 62.4. The average molecular weight is 319 g/mol. The van der Waals surface area contributed by atoms with Gasteiger partial charge in [0, 0.05) is 0 Å². The van der Waals surface area contributed by atoms with Crippen molar-refractivity contribution < 1.29 is 40.1 Å². The maximum atomic E-state index is 10.6. The molecule has 0 aromatic rings. The van der Waals surface area contributed by atoms with E-state index in [1.54, 1.807) is 0 Å². The molecule has 9 atom stereocenters. The molecule has 0 aromatic carbocycles. The summed E-state index contributed by atoms with van der Waals surface area (Å²) in [7, 11) is 0. The Balaban J connectivity index is 1.95. The van der Waals surface area contributed by atoms with E-state index in [1.165, 1.54) is 0 Å². The van der Waals surface area contributed by atoms with Crippen molar-refractivity contribution in [3.05, 3.63) is 0 Å². The second-order valence-electron chi connectivity index (χ2n) is 6.22. The van der Waals surface area contributed by atoms with Crippen LogP contribution in [0.15, 0.2) is 4.99 Å². The monoisotopic (exact) mass is 319 g/mol. The Kier molecular flexibility index (Phi) is 2.57. The lowest BCUT2D eigenvalue weighted by atomic mass is 9.55. The number of hydrogen-bond donors (Lipinski definition) is 8. The van der Waals surface area contributed by atoms with Gasteiger partial charge in [-0.2, -0.15) is 0 Å². The van der Waals surface area contributed by atoms with E-state index in [0.29, 0.717) is 0 Å². The molecule has 0 amide bonds. The molecule has 4 bridgehead atoms. The van der Waals surface area contributed by atoms with Crippen molar-refractivity contribution in [1.82, 2.24) is 5.32 Å². The van der Waals surface area contributed by atoms with Crippen LogP contribution in [0.5, 0.6) is 0 Å². The van der Waals surface area contributed by atoms with Crippen molar-refractivity contribution in [1.29, 1.82) is 0 Å². The highest BCUT2D eigenvalue weighted by Crippen LogP contribution is 2.58. The third kappa shape index (κ3) is 1.28. The Morgan fingerprint density at radius 2 is 1.82 bits per heavy atom. The van der Waals surface area contributed by atoms with Gasteiger partial charge in [0.05, 0.1) is 12.5 Å². The summed E-state index contributed by atoms with van der Waals surface area (Å²) in [6.07, 6.45) is -7.77. The van der Waals surface area contributed by atoms with Gasteiger partial charge in [0.1, 0.15) is 29.5 Å². The van der Waals surface area contributed by atoms with Gasteiger partial charge < -0.3 is 51.2 Å². The second-order valence-corrected chi connectivity index (χ2v) is 6.22. The van der Waals surface area contributed by atoms with Gasteiger partial charge in [0.15, 0.2) is 18.3 Å². The maximum Gasteiger partial charge on any atom is 0.311 e. The fraction of sp³-hybridized carbons (Fsp3) is 0.909. The summed E-state index contributed by atoms with van der Waals surface area (Å²) in [6.45, 7) is -0.857. The van der Waals surface area contributed by atoms with Crippen LogP contribution < -0.4 is 11.1 Å². The van der Waals surface area contributed by atoms with Gasteiger partial charge in [-0.1, -0.05) is 0 Å². The molecule has 1 spiro atoms. The van der Waals surface area contributed by atoms with E-state index in [9.17, 15) is 30.6 Å². The SMILES string of the molecule is NC1=NC(O)C2C3OC4(O)OC([C@@H](O)C2(N1)C4O)C3(O)CO. The summed E-state index contributed by atoms with van der Waals surface area (Å²) >= 11 is 0. The highest BCUT2D eigenvalue weighted by atomic mass is 16.9. The molecular formula is C11H17N3O8. The Morgan fingerprint density at radius 1 is 1.18 bits per heavy atom. The highest BCUT2D eigenvalue weighted by molar-refractivity contribution is 5.80. The maximum absolute atomic E-state index is 10.6. The summed E-state index contributed by atoms with van der Waals surface area (Å²) in [5.41, 5.74) is 1.74. The number of nitrogens with one attached hydrogen (secondary N) is 1. The van der Waals surface area contributed by atoms with Crippen molar-refractivity contribution in [2.24, 2.45) is 16.6 Å². The molecule has 8 unspecified atom stereocenters. The molecule has 5 aliphatic rings. The van der Waals surface area contributed by atoms with E-state index in [2.05, 4.69) is 10.3 Å². The molecule has 11 heteroatoms. The lowest BCUT2D eigenvalue weighted by Gasteiger charge is -2.71. The van der Waals surface area contributed by atoms with Crippen molar-refractivity contribution in [3.8, 4) is 0 Å². The molecule has 11 nitrogen and oxygen atoms in total. The number of aliphatic imine (C=N–C) groups is 1. The average Bonchev–Trinajstić information content (AvgIpc) is 2.45. The van der Waals surface area contributed by atoms with Crippen LogP contribution in [0.3, 0.4) is 0 Å². The van der Waals surface area contributed by atoms with Crippen LogP contribution in [0.4, 0.5) is 0 Å². The zero-order chi connectivity index (χ0) is 16.1. The van der Waals surface area contributed by atoms with Gasteiger partial charge in [0.2, 0.25) is 0 Å². The number of nitrogens with two attached hydrogens (primary N) is 1. The van der Waals surface area contributed by atoms with E-state index >= 15 is 0 Å². The quantitative estimate of drug-likeness (QED) is 0.231. The molecule has 9 N–H and O–H groups in total. The fourth-order valence-corrected chi connectivity index (χ4v) is 4.24. The first kappa shape index (κ1) is 14.5. The molecule has 1 aliphatic carbocycles. The largest absolute Gasteiger partial charge is 0.393 e. The molecule has 4 heterocycles. The minimum Gasteiger partial charge on any atom is -0.393 e. The van der Waals surface area contributed by atoms with Crippen LogP contribution in [0.25, 0.3) is 0 Å². The van der Waals surface area contributed by atoms with Gasteiger partial charge in [-0.25, -0.2) is 4.99 Å². The van der Waals surface area contributed by atoms with Gasteiger partial charge in [-0.15, -0.1) is 0 Å². The number of rotatable bonds is 1. The Bertz CT molecular complexity index is 561. The first-order chi connectivity index (χ1) is 10.2. The first-order valence-electron chi connectivity index (χ1n) is 6.77. The highest BCUT2D eigenvalue weighted by Gasteiger charge is 2.82. The standard InChI is InChI=1S/C11H17N3O8/c12-8-13-6(17)2-4-9(19,1-15)5-3(16)10(2,14-8)7(18)11(20,21-4)22-5/h2-7,15-20H,1H2,(H3,12,13,14)/t2?,3-,4?,5?,6?,7?,9?,10?,11?/m1/s1. The summed E-state index contributed by atoms with van der Waals surface area (Å²) in [5, 5.41) is 64.3. The fourth-order valence-electron chi connectivity index (χ4n) is 4.24. The van der Waals surface area contributed by atoms with Gasteiger partial charge in [-0.3, -0.25) is 0 Å². The van der Waals surface area contributed by atoms with Crippen LogP contribution >= 0.6 is 0 Å². The van der Waals surface area contributed by atoms with Crippen LogP contribution in [-0.4, -0.2) is 91.0 Å². The van der Waals surface area contributed by atoms with Crippen LogP contribution in [0.2, 0.25) is 0 Å². The van der Waals surface area contributed by atoms with E-state index < -0.39 is 60.3 Å². The van der Waals surface area contributed by atoms with Gasteiger partial charge in [0.25, 0.3) is 0 Å². The third-order valence-corrected chi connectivity index (χ3v) is 5.22. The molecule has 4 aliphatic heterocycles. The molecular weight excluding hydrogens is 302 g/mol. The predicted octanol–water partition coefficient (Wildman–Crippen LogP) is -5.52.